The second kappa shape index (κ2) is 9.96. The molecule has 29 heavy (non-hydrogen) atoms. The van der Waals surface area contributed by atoms with E-state index in [0.717, 1.165) is 48.9 Å². The SMILES string of the molecule is CCN(C(=O)CSc1nnc(-c2ccc(N(CC)CC)cc2)n1C)C1=CCCC1. The third-order valence-corrected chi connectivity index (χ3v) is 6.40. The Kier molecular flexibility index (Phi) is 7.36. The molecule has 1 aliphatic rings. The van der Waals surface area contributed by atoms with Gasteiger partial charge in [-0.05, 0) is 64.3 Å². The molecular formula is C22H31N5OS. The van der Waals surface area contributed by atoms with E-state index in [-0.39, 0.29) is 5.91 Å². The summed E-state index contributed by atoms with van der Waals surface area (Å²) in [5.74, 6) is 1.33. The summed E-state index contributed by atoms with van der Waals surface area (Å²) in [6.45, 7) is 9.04. The number of hydrogen-bond donors (Lipinski definition) is 0. The van der Waals surface area contributed by atoms with Gasteiger partial charge in [-0.1, -0.05) is 17.8 Å². The third-order valence-electron chi connectivity index (χ3n) is 5.39. The van der Waals surface area contributed by atoms with Crippen molar-refractivity contribution >= 4 is 23.4 Å². The van der Waals surface area contributed by atoms with E-state index in [4.69, 9.17) is 0 Å². The van der Waals surface area contributed by atoms with Gasteiger partial charge in [0.05, 0.1) is 5.75 Å². The number of carbonyl (C=O) groups is 1. The van der Waals surface area contributed by atoms with E-state index < -0.39 is 0 Å². The molecule has 0 bridgehead atoms. The quantitative estimate of drug-likeness (QED) is 0.573. The molecule has 1 aromatic heterocycles. The van der Waals surface area contributed by atoms with Crippen LogP contribution in [-0.4, -0.2) is 51.0 Å². The average molecular weight is 414 g/mol. The number of nitrogens with zero attached hydrogens (tertiary/aromatic N) is 5. The van der Waals surface area contributed by atoms with Gasteiger partial charge in [0.2, 0.25) is 5.91 Å². The van der Waals surface area contributed by atoms with Gasteiger partial charge >= 0.3 is 0 Å². The lowest BCUT2D eigenvalue weighted by molar-refractivity contribution is -0.126. The first-order valence-electron chi connectivity index (χ1n) is 10.5. The van der Waals surface area contributed by atoms with Crippen LogP contribution in [0.1, 0.15) is 40.0 Å². The maximum absolute atomic E-state index is 12.7. The van der Waals surface area contributed by atoms with Crippen molar-refractivity contribution in [3.8, 4) is 11.4 Å². The molecular weight excluding hydrogens is 382 g/mol. The van der Waals surface area contributed by atoms with Crippen LogP contribution in [-0.2, 0) is 11.8 Å². The summed E-state index contributed by atoms with van der Waals surface area (Å²) in [4.78, 5) is 16.9. The van der Waals surface area contributed by atoms with Crippen molar-refractivity contribution in [1.29, 1.82) is 0 Å². The number of hydrogen-bond acceptors (Lipinski definition) is 5. The van der Waals surface area contributed by atoms with Crippen LogP contribution in [0.25, 0.3) is 11.4 Å². The van der Waals surface area contributed by atoms with E-state index in [1.165, 1.54) is 23.1 Å². The van der Waals surface area contributed by atoms with Crippen LogP contribution in [0.2, 0.25) is 0 Å². The van der Waals surface area contributed by atoms with E-state index in [0.29, 0.717) is 12.3 Å². The average Bonchev–Trinajstić information content (AvgIpc) is 3.39. The first-order chi connectivity index (χ1) is 14.1. The zero-order valence-corrected chi connectivity index (χ0v) is 18.7. The van der Waals surface area contributed by atoms with Gasteiger partial charge in [-0.3, -0.25) is 4.79 Å². The van der Waals surface area contributed by atoms with Crippen LogP contribution in [0.4, 0.5) is 5.69 Å². The minimum absolute atomic E-state index is 0.138. The zero-order chi connectivity index (χ0) is 20.8. The van der Waals surface area contributed by atoms with Gasteiger partial charge in [0.25, 0.3) is 0 Å². The summed E-state index contributed by atoms with van der Waals surface area (Å²) in [6, 6.07) is 8.43. The minimum Gasteiger partial charge on any atom is -0.372 e. The smallest absolute Gasteiger partial charge is 0.237 e. The highest BCUT2D eigenvalue weighted by Crippen LogP contribution is 2.26. The van der Waals surface area contributed by atoms with E-state index in [1.807, 2.05) is 23.4 Å². The standard InChI is InChI=1S/C22H31N5OS/c1-5-26(6-2)18-14-12-17(13-15-18)21-23-24-22(25(21)4)29-16-20(28)27(7-3)19-10-8-9-11-19/h10,12-15H,5-9,11,16H2,1-4H3. The molecule has 3 rings (SSSR count). The Balaban J connectivity index is 1.67. The second-order valence-electron chi connectivity index (χ2n) is 7.10. The van der Waals surface area contributed by atoms with Gasteiger partial charge in [0.15, 0.2) is 11.0 Å². The van der Waals surface area contributed by atoms with Crippen LogP contribution in [0.5, 0.6) is 0 Å². The molecule has 0 fully saturated rings. The minimum atomic E-state index is 0.138. The van der Waals surface area contributed by atoms with Crippen LogP contribution in [0.15, 0.2) is 41.2 Å². The fourth-order valence-electron chi connectivity index (χ4n) is 3.74. The molecule has 1 aliphatic carbocycles. The number of allylic oxidation sites excluding steroid dienone is 2. The number of aromatic nitrogens is 3. The summed E-state index contributed by atoms with van der Waals surface area (Å²) in [7, 11) is 1.96. The van der Waals surface area contributed by atoms with Gasteiger partial charge in [-0.25, -0.2) is 0 Å². The lowest BCUT2D eigenvalue weighted by Gasteiger charge is -2.22. The Morgan fingerprint density at radius 1 is 1.10 bits per heavy atom. The van der Waals surface area contributed by atoms with Crippen LogP contribution in [0, 0.1) is 0 Å². The van der Waals surface area contributed by atoms with Crippen LogP contribution < -0.4 is 4.90 Å². The monoisotopic (exact) mass is 413 g/mol. The molecule has 156 valence electrons. The van der Waals surface area contributed by atoms with Crippen molar-refractivity contribution in [2.75, 3.05) is 30.3 Å². The van der Waals surface area contributed by atoms with E-state index in [9.17, 15) is 4.79 Å². The molecule has 7 heteroatoms. The van der Waals surface area contributed by atoms with Gasteiger partial charge in [0.1, 0.15) is 0 Å². The molecule has 0 saturated carbocycles. The summed E-state index contributed by atoms with van der Waals surface area (Å²) in [5.41, 5.74) is 3.41. The fourth-order valence-corrected chi connectivity index (χ4v) is 4.53. The summed E-state index contributed by atoms with van der Waals surface area (Å²) in [6.07, 6.45) is 5.41. The second-order valence-corrected chi connectivity index (χ2v) is 8.04. The Morgan fingerprint density at radius 3 is 2.41 bits per heavy atom. The Bertz CT molecular complexity index is 855. The van der Waals surface area contributed by atoms with Crippen molar-refractivity contribution in [3.63, 3.8) is 0 Å². The number of anilines is 1. The van der Waals surface area contributed by atoms with E-state index in [2.05, 4.69) is 59.3 Å². The van der Waals surface area contributed by atoms with Crippen molar-refractivity contribution in [2.45, 2.75) is 45.2 Å². The lowest BCUT2D eigenvalue weighted by Crippen LogP contribution is -2.31. The number of amides is 1. The van der Waals surface area contributed by atoms with Crippen molar-refractivity contribution in [2.24, 2.45) is 7.05 Å². The zero-order valence-electron chi connectivity index (χ0n) is 17.9. The third kappa shape index (κ3) is 4.83. The van der Waals surface area contributed by atoms with Gasteiger partial charge < -0.3 is 14.4 Å². The van der Waals surface area contributed by atoms with Gasteiger partial charge in [-0.15, -0.1) is 10.2 Å². The molecule has 2 aromatic rings. The molecule has 0 spiro atoms. The highest BCUT2D eigenvalue weighted by Gasteiger charge is 2.20. The number of rotatable bonds is 9. The molecule has 0 atom stereocenters. The van der Waals surface area contributed by atoms with Crippen molar-refractivity contribution in [3.05, 3.63) is 36.0 Å². The maximum atomic E-state index is 12.7. The lowest BCUT2D eigenvalue weighted by atomic mass is 10.2. The van der Waals surface area contributed by atoms with Crippen molar-refractivity contribution in [1.82, 2.24) is 19.7 Å². The van der Waals surface area contributed by atoms with E-state index >= 15 is 0 Å². The number of thioether (sulfide) groups is 1. The number of carbonyl (C=O) groups excluding carboxylic acids is 1. The topological polar surface area (TPSA) is 54.3 Å². The van der Waals surface area contributed by atoms with E-state index in [1.54, 1.807) is 0 Å². The summed E-state index contributed by atoms with van der Waals surface area (Å²) < 4.78 is 1.97. The summed E-state index contributed by atoms with van der Waals surface area (Å²) in [5, 5.41) is 9.44. The first-order valence-corrected chi connectivity index (χ1v) is 11.4. The van der Waals surface area contributed by atoms with Crippen LogP contribution >= 0.6 is 11.8 Å². The molecule has 0 unspecified atom stereocenters. The molecule has 0 N–H and O–H groups in total. The Morgan fingerprint density at radius 2 is 1.83 bits per heavy atom. The van der Waals surface area contributed by atoms with Gasteiger partial charge in [0, 0.05) is 43.6 Å². The molecule has 0 aliphatic heterocycles. The molecule has 0 radical (unpaired) electrons. The molecule has 1 amide bonds. The summed E-state index contributed by atoms with van der Waals surface area (Å²) >= 11 is 1.45. The van der Waals surface area contributed by atoms with Crippen LogP contribution in [0.3, 0.4) is 0 Å². The predicted octanol–water partition coefficient (Wildman–Crippen LogP) is 4.34. The molecule has 1 heterocycles. The highest BCUT2D eigenvalue weighted by atomic mass is 32.2. The fraction of sp³-hybridized carbons (Fsp3) is 0.500. The Hall–Kier alpha value is -2.28. The molecule has 0 saturated heterocycles. The number of benzene rings is 1. The van der Waals surface area contributed by atoms with Gasteiger partial charge in [-0.2, -0.15) is 0 Å². The molecule has 1 aromatic carbocycles. The largest absolute Gasteiger partial charge is 0.372 e. The Labute approximate surface area is 178 Å². The first kappa shape index (κ1) is 21.4. The molecule has 6 nitrogen and oxygen atoms in total. The normalized spacial score (nSPS) is 13.4. The maximum Gasteiger partial charge on any atom is 0.237 e. The predicted molar refractivity (Wildman–Crippen MR) is 120 cm³/mol. The highest BCUT2D eigenvalue weighted by molar-refractivity contribution is 7.99. The van der Waals surface area contributed by atoms with Crippen molar-refractivity contribution < 1.29 is 4.79 Å².